The molecule has 0 atom stereocenters. The molecule has 0 aliphatic heterocycles. The second-order valence-corrected chi connectivity index (χ2v) is 5.27. The van der Waals surface area contributed by atoms with Crippen molar-refractivity contribution in [3.8, 4) is 0 Å². The van der Waals surface area contributed by atoms with Crippen LogP contribution in [0.3, 0.4) is 0 Å². The van der Waals surface area contributed by atoms with E-state index in [9.17, 15) is 4.79 Å². The number of benzene rings is 1. The lowest BCUT2D eigenvalue weighted by Gasteiger charge is -2.08. The van der Waals surface area contributed by atoms with E-state index in [1.165, 1.54) is 11.1 Å². The number of carbonyl (C=O) groups is 1. The van der Waals surface area contributed by atoms with Crippen molar-refractivity contribution in [1.29, 1.82) is 0 Å². The minimum absolute atomic E-state index is 0.0909. The highest BCUT2D eigenvalue weighted by Crippen LogP contribution is 2.13. The van der Waals surface area contributed by atoms with E-state index in [1.807, 2.05) is 6.92 Å². The summed E-state index contributed by atoms with van der Waals surface area (Å²) in [6, 6.07) is 6.23. The molecule has 0 bridgehead atoms. The maximum absolute atomic E-state index is 12.1. The van der Waals surface area contributed by atoms with Crippen LogP contribution in [0, 0.1) is 13.8 Å². The second kappa shape index (κ2) is 5.93. The highest BCUT2D eigenvalue weighted by molar-refractivity contribution is 7.08. The molecule has 0 saturated carbocycles. The molecule has 0 unspecified atom stereocenters. The van der Waals surface area contributed by atoms with Gasteiger partial charge in [-0.05, 0) is 42.9 Å². The van der Waals surface area contributed by atoms with E-state index < -0.39 is 0 Å². The lowest BCUT2D eigenvalue weighted by atomic mass is 10.1. The molecule has 1 heterocycles. The largest absolute Gasteiger partial charge is 0.347 e. The monoisotopic (exact) mass is 275 g/mol. The van der Waals surface area contributed by atoms with Gasteiger partial charge in [-0.2, -0.15) is 0 Å². The van der Waals surface area contributed by atoms with Crippen molar-refractivity contribution < 1.29 is 4.79 Å². The fourth-order valence-electron chi connectivity index (χ4n) is 1.91. The molecule has 1 aromatic heterocycles. The Bertz CT molecular complexity index is 592. The summed E-state index contributed by atoms with van der Waals surface area (Å²) in [5.41, 5.74) is 4.32. The van der Waals surface area contributed by atoms with Gasteiger partial charge >= 0.3 is 0 Å². The van der Waals surface area contributed by atoms with Crippen molar-refractivity contribution in [3.05, 3.63) is 45.5 Å². The number of aryl methyl sites for hydroxylation is 3. The molecule has 5 heteroatoms. The molecule has 0 saturated heterocycles. The third-order valence-corrected chi connectivity index (χ3v) is 3.80. The first-order valence-electron chi connectivity index (χ1n) is 6.27. The smallest absolute Gasteiger partial charge is 0.265 e. The van der Waals surface area contributed by atoms with Gasteiger partial charge in [-0.15, -0.1) is 5.10 Å². The van der Waals surface area contributed by atoms with Crippen LogP contribution in [-0.4, -0.2) is 15.5 Å². The maximum atomic E-state index is 12.1. The van der Waals surface area contributed by atoms with Crippen molar-refractivity contribution in [2.45, 2.75) is 33.7 Å². The summed E-state index contributed by atoms with van der Waals surface area (Å²) in [4.78, 5) is 12.7. The quantitative estimate of drug-likeness (QED) is 0.933. The fourth-order valence-corrected chi connectivity index (χ4v) is 2.58. The van der Waals surface area contributed by atoms with Crippen molar-refractivity contribution >= 4 is 17.4 Å². The third kappa shape index (κ3) is 3.17. The van der Waals surface area contributed by atoms with E-state index in [4.69, 9.17) is 0 Å². The van der Waals surface area contributed by atoms with Crippen molar-refractivity contribution in [2.24, 2.45) is 0 Å². The normalized spacial score (nSPS) is 10.5. The van der Waals surface area contributed by atoms with E-state index in [2.05, 4.69) is 47.0 Å². The Morgan fingerprint density at radius 1 is 1.37 bits per heavy atom. The van der Waals surface area contributed by atoms with E-state index in [-0.39, 0.29) is 5.91 Å². The molecule has 0 aliphatic carbocycles. The molecule has 100 valence electrons. The van der Waals surface area contributed by atoms with Crippen LogP contribution >= 0.6 is 11.5 Å². The number of nitrogens with one attached hydrogen (secondary N) is 1. The van der Waals surface area contributed by atoms with Gasteiger partial charge in [-0.3, -0.25) is 4.79 Å². The lowest BCUT2D eigenvalue weighted by molar-refractivity contribution is 0.0954. The second-order valence-electron chi connectivity index (χ2n) is 4.51. The van der Waals surface area contributed by atoms with Gasteiger partial charge in [0.05, 0.1) is 5.69 Å². The first kappa shape index (κ1) is 13.7. The summed E-state index contributed by atoms with van der Waals surface area (Å²) in [6.07, 6.45) is 0.725. The van der Waals surface area contributed by atoms with Crippen LogP contribution in [0.15, 0.2) is 18.2 Å². The molecular formula is C14H17N3OS. The van der Waals surface area contributed by atoms with Crippen LogP contribution in [0.25, 0.3) is 0 Å². The molecule has 0 aliphatic rings. The van der Waals surface area contributed by atoms with Crippen molar-refractivity contribution in [1.82, 2.24) is 14.9 Å². The van der Waals surface area contributed by atoms with E-state index in [1.54, 1.807) is 0 Å². The maximum Gasteiger partial charge on any atom is 0.265 e. The molecule has 1 aromatic carbocycles. The Balaban J connectivity index is 2.04. The predicted molar refractivity (Wildman–Crippen MR) is 76.4 cm³/mol. The number of hydrogen-bond donors (Lipinski definition) is 1. The topological polar surface area (TPSA) is 54.9 Å². The number of rotatable bonds is 4. The standard InChI is InChI=1S/C14H17N3OS/c1-4-12-13(19-17-16-12)14(18)15-8-11-6-5-9(2)7-10(11)3/h5-7H,4,8H2,1-3H3,(H,15,18). The van der Waals surface area contributed by atoms with Crippen LogP contribution in [0.4, 0.5) is 0 Å². The van der Waals surface area contributed by atoms with Gasteiger partial charge in [0.15, 0.2) is 0 Å². The lowest BCUT2D eigenvalue weighted by Crippen LogP contribution is -2.23. The zero-order valence-corrected chi connectivity index (χ0v) is 12.2. The molecule has 0 radical (unpaired) electrons. The first-order valence-corrected chi connectivity index (χ1v) is 7.04. The number of hydrogen-bond acceptors (Lipinski definition) is 4. The summed E-state index contributed by atoms with van der Waals surface area (Å²) in [7, 11) is 0. The highest BCUT2D eigenvalue weighted by Gasteiger charge is 2.14. The van der Waals surface area contributed by atoms with Gasteiger partial charge in [0.2, 0.25) is 0 Å². The number of carbonyl (C=O) groups excluding carboxylic acids is 1. The average molecular weight is 275 g/mol. The van der Waals surface area contributed by atoms with Gasteiger partial charge in [0.25, 0.3) is 5.91 Å². The average Bonchev–Trinajstić information content (AvgIpc) is 2.85. The zero-order chi connectivity index (χ0) is 13.8. The molecular weight excluding hydrogens is 258 g/mol. The number of aromatic nitrogens is 2. The van der Waals surface area contributed by atoms with Crippen LogP contribution in [0.1, 0.15) is 39.0 Å². The summed E-state index contributed by atoms with van der Waals surface area (Å²) in [5.74, 6) is -0.0909. The van der Waals surface area contributed by atoms with Gasteiger partial charge in [0, 0.05) is 6.54 Å². The Morgan fingerprint density at radius 3 is 2.84 bits per heavy atom. The van der Waals surface area contributed by atoms with Crippen LogP contribution in [0.5, 0.6) is 0 Å². The summed E-state index contributed by atoms with van der Waals surface area (Å²) in [6.45, 7) is 6.62. The van der Waals surface area contributed by atoms with Crippen LogP contribution in [-0.2, 0) is 13.0 Å². The van der Waals surface area contributed by atoms with Gasteiger partial charge in [-0.25, -0.2) is 0 Å². The van der Waals surface area contributed by atoms with Crippen molar-refractivity contribution in [2.75, 3.05) is 0 Å². The molecule has 4 nitrogen and oxygen atoms in total. The summed E-state index contributed by atoms with van der Waals surface area (Å²) < 4.78 is 3.83. The SMILES string of the molecule is CCc1nnsc1C(=O)NCc1ccc(C)cc1C. The Hall–Kier alpha value is -1.75. The molecule has 1 amide bonds. The Labute approximate surface area is 117 Å². The van der Waals surface area contributed by atoms with Gasteiger partial charge < -0.3 is 5.32 Å². The molecule has 1 N–H and O–H groups in total. The number of amides is 1. The number of nitrogens with zero attached hydrogens (tertiary/aromatic N) is 2. The molecule has 0 spiro atoms. The zero-order valence-electron chi connectivity index (χ0n) is 11.4. The molecule has 2 rings (SSSR count). The highest BCUT2D eigenvalue weighted by atomic mass is 32.1. The molecule has 2 aromatic rings. The van der Waals surface area contributed by atoms with Crippen LogP contribution in [0.2, 0.25) is 0 Å². The van der Waals surface area contributed by atoms with E-state index in [0.717, 1.165) is 29.2 Å². The van der Waals surface area contributed by atoms with E-state index in [0.29, 0.717) is 11.4 Å². The summed E-state index contributed by atoms with van der Waals surface area (Å²) in [5, 5.41) is 6.88. The minimum Gasteiger partial charge on any atom is -0.347 e. The summed E-state index contributed by atoms with van der Waals surface area (Å²) >= 11 is 1.15. The molecule has 0 fully saturated rings. The fraction of sp³-hybridized carbons (Fsp3) is 0.357. The van der Waals surface area contributed by atoms with Crippen LogP contribution < -0.4 is 5.32 Å². The Kier molecular flexibility index (Phi) is 4.27. The predicted octanol–water partition coefficient (Wildman–Crippen LogP) is 2.65. The first-order chi connectivity index (χ1) is 9.11. The molecule has 19 heavy (non-hydrogen) atoms. The minimum atomic E-state index is -0.0909. The van der Waals surface area contributed by atoms with Crippen molar-refractivity contribution in [3.63, 3.8) is 0 Å². The Morgan fingerprint density at radius 2 is 2.16 bits per heavy atom. The third-order valence-electron chi connectivity index (χ3n) is 3.03. The van der Waals surface area contributed by atoms with Gasteiger partial charge in [-0.1, -0.05) is 35.2 Å². The van der Waals surface area contributed by atoms with Gasteiger partial charge in [0.1, 0.15) is 4.88 Å². The van der Waals surface area contributed by atoms with E-state index >= 15 is 0 Å².